The summed E-state index contributed by atoms with van der Waals surface area (Å²) in [6.45, 7) is 0. The minimum Gasteiger partial charge on any atom is -0.480 e. The zero-order chi connectivity index (χ0) is 15.9. The second-order valence-electron chi connectivity index (χ2n) is 5.49. The number of carbonyl (C=O) groups excluding carboxylic acids is 2. The highest BCUT2D eigenvalue weighted by Gasteiger charge is 2.52. The summed E-state index contributed by atoms with van der Waals surface area (Å²) >= 11 is 5.95. The number of hydrogen-bond donors (Lipinski definition) is 2. The van der Waals surface area contributed by atoms with Crippen molar-refractivity contribution in [3.63, 3.8) is 0 Å². The van der Waals surface area contributed by atoms with E-state index >= 15 is 0 Å². The number of rotatable bonds is 4. The number of imidazole rings is 1. The molecule has 1 aliphatic carbocycles. The number of fused-ring (bicyclic) bond motifs is 1. The number of aromatic amines is 1. The van der Waals surface area contributed by atoms with Crippen LogP contribution in [-0.2, 0) is 20.8 Å². The molecule has 0 bridgehead atoms. The number of hydrogen-bond acceptors (Lipinski definition) is 4. The lowest BCUT2D eigenvalue weighted by Crippen LogP contribution is -2.46. The van der Waals surface area contributed by atoms with E-state index in [4.69, 9.17) is 11.6 Å². The van der Waals surface area contributed by atoms with Crippen molar-refractivity contribution in [2.45, 2.75) is 25.3 Å². The van der Waals surface area contributed by atoms with Crippen LogP contribution in [0.25, 0.3) is 0 Å². The summed E-state index contributed by atoms with van der Waals surface area (Å²) in [5, 5.41) is 9.98. The Morgan fingerprint density at radius 2 is 2.18 bits per heavy atom. The lowest BCUT2D eigenvalue weighted by atomic mass is 9.85. The van der Waals surface area contributed by atoms with Gasteiger partial charge in [-0.3, -0.25) is 14.5 Å². The van der Waals surface area contributed by atoms with Gasteiger partial charge in [0.25, 0.3) is 0 Å². The van der Waals surface area contributed by atoms with Crippen molar-refractivity contribution in [1.29, 1.82) is 0 Å². The van der Waals surface area contributed by atoms with E-state index in [2.05, 4.69) is 9.97 Å². The number of halogens is 1. The Hall–Kier alpha value is -2.15. The van der Waals surface area contributed by atoms with E-state index < -0.39 is 35.7 Å². The number of amides is 2. The number of imide groups is 1. The predicted octanol–water partition coefficient (Wildman–Crippen LogP) is 0.923. The van der Waals surface area contributed by atoms with Crippen molar-refractivity contribution in [2.24, 2.45) is 11.8 Å². The van der Waals surface area contributed by atoms with Crippen molar-refractivity contribution in [2.75, 3.05) is 0 Å². The molecule has 0 unspecified atom stereocenters. The number of H-pyrrole nitrogens is 1. The molecular formula is C14H14ClN3O4. The molecule has 0 spiro atoms. The summed E-state index contributed by atoms with van der Waals surface area (Å²) in [4.78, 5) is 44.0. The summed E-state index contributed by atoms with van der Waals surface area (Å²) in [6, 6.07) is -1.23. The lowest BCUT2D eigenvalue weighted by Gasteiger charge is -2.22. The summed E-state index contributed by atoms with van der Waals surface area (Å²) in [5.41, 5.74) is 0.555. The minimum atomic E-state index is -1.23. The van der Waals surface area contributed by atoms with E-state index in [1.54, 1.807) is 6.08 Å². The van der Waals surface area contributed by atoms with Crippen molar-refractivity contribution in [1.82, 2.24) is 14.9 Å². The molecule has 8 heteroatoms. The van der Waals surface area contributed by atoms with Crippen LogP contribution in [0.15, 0.2) is 23.6 Å². The van der Waals surface area contributed by atoms with Gasteiger partial charge in [0.2, 0.25) is 11.8 Å². The molecule has 2 amide bonds. The van der Waals surface area contributed by atoms with E-state index in [0.29, 0.717) is 23.6 Å². The van der Waals surface area contributed by atoms with Crippen LogP contribution >= 0.6 is 11.6 Å². The van der Waals surface area contributed by atoms with Crippen LogP contribution < -0.4 is 0 Å². The number of aliphatic carboxylic acids is 1. The predicted molar refractivity (Wildman–Crippen MR) is 75.7 cm³/mol. The van der Waals surface area contributed by atoms with Crippen molar-refractivity contribution < 1.29 is 19.5 Å². The third-order valence-corrected chi connectivity index (χ3v) is 4.48. The molecule has 1 aromatic heterocycles. The topological polar surface area (TPSA) is 103 Å². The Morgan fingerprint density at radius 1 is 1.45 bits per heavy atom. The number of carboxylic acids is 1. The molecule has 2 N–H and O–H groups in total. The van der Waals surface area contributed by atoms with Gasteiger partial charge in [-0.2, -0.15) is 0 Å². The first-order chi connectivity index (χ1) is 10.5. The molecule has 1 fully saturated rings. The van der Waals surface area contributed by atoms with Crippen LogP contribution in [0.2, 0.25) is 0 Å². The number of likely N-dealkylation sites (tertiary alicyclic amines) is 1. The van der Waals surface area contributed by atoms with Crippen molar-refractivity contribution in [3.8, 4) is 0 Å². The molecule has 0 radical (unpaired) electrons. The SMILES string of the molecule is O=C(O)[C@@H](Cc1cnc[nH]1)N1C(=O)[C@H]2CC=C(Cl)C[C@@H]2C1=O. The summed E-state index contributed by atoms with van der Waals surface area (Å²) < 4.78 is 0. The highest BCUT2D eigenvalue weighted by atomic mass is 35.5. The van der Waals surface area contributed by atoms with Gasteiger partial charge in [0, 0.05) is 23.3 Å². The fourth-order valence-corrected chi connectivity index (χ4v) is 3.31. The zero-order valence-corrected chi connectivity index (χ0v) is 12.3. The first-order valence-corrected chi connectivity index (χ1v) is 7.28. The molecular weight excluding hydrogens is 310 g/mol. The van der Waals surface area contributed by atoms with Crippen molar-refractivity contribution in [3.05, 3.63) is 29.3 Å². The molecule has 1 saturated heterocycles. The van der Waals surface area contributed by atoms with Gasteiger partial charge in [0.15, 0.2) is 0 Å². The second kappa shape index (κ2) is 5.57. The number of carbonyl (C=O) groups is 3. The van der Waals surface area contributed by atoms with Crippen LogP contribution in [0.4, 0.5) is 0 Å². The molecule has 1 aliphatic heterocycles. The number of aromatic nitrogens is 2. The van der Waals surface area contributed by atoms with Crippen LogP contribution in [0.3, 0.4) is 0 Å². The molecule has 0 aromatic carbocycles. The van der Waals surface area contributed by atoms with Gasteiger partial charge < -0.3 is 10.1 Å². The van der Waals surface area contributed by atoms with Gasteiger partial charge in [0.05, 0.1) is 18.2 Å². The molecule has 22 heavy (non-hydrogen) atoms. The molecule has 2 heterocycles. The van der Waals surface area contributed by atoms with Gasteiger partial charge in [0.1, 0.15) is 6.04 Å². The molecule has 7 nitrogen and oxygen atoms in total. The summed E-state index contributed by atoms with van der Waals surface area (Å²) in [5.74, 6) is -3.14. The number of nitrogens with zero attached hydrogens (tertiary/aromatic N) is 2. The Balaban J connectivity index is 1.87. The molecule has 0 saturated carbocycles. The third kappa shape index (κ3) is 2.41. The highest BCUT2D eigenvalue weighted by Crippen LogP contribution is 2.39. The Morgan fingerprint density at radius 3 is 2.82 bits per heavy atom. The maximum Gasteiger partial charge on any atom is 0.327 e. The smallest absolute Gasteiger partial charge is 0.327 e. The second-order valence-corrected chi connectivity index (χ2v) is 5.97. The zero-order valence-electron chi connectivity index (χ0n) is 11.5. The van der Waals surface area contributed by atoms with Crippen LogP contribution in [0.1, 0.15) is 18.5 Å². The summed E-state index contributed by atoms with van der Waals surface area (Å²) in [6.07, 6.45) is 5.30. The van der Waals surface area contributed by atoms with E-state index in [1.165, 1.54) is 12.5 Å². The Bertz CT molecular complexity index is 655. The van der Waals surface area contributed by atoms with Gasteiger partial charge >= 0.3 is 5.97 Å². The van der Waals surface area contributed by atoms with E-state index in [0.717, 1.165) is 4.90 Å². The summed E-state index contributed by atoms with van der Waals surface area (Å²) in [7, 11) is 0. The van der Waals surface area contributed by atoms with Gasteiger partial charge in [-0.05, 0) is 12.8 Å². The number of nitrogens with one attached hydrogen (secondary N) is 1. The molecule has 3 rings (SSSR count). The maximum atomic E-state index is 12.5. The fraction of sp³-hybridized carbons (Fsp3) is 0.429. The highest BCUT2D eigenvalue weighted by molar-refractivity contribution is 6.30. The standard InChI is InChI=1S/C14H14ClN3O4/c15-7-1-2-9-10(3-7)13(20)18(12(9)19)11(14(21)22)4-8-5-16-6-17-8/h1,5-6,9-11H,2-4H2,(H,16,17)(H,21,22)/t9-,10-,11+/m0/s1. The minimum absolute atomic E-state index is 0.00736. The average molecular weight is 324 g/mol. The average Bonchev–Trinajstić information content (AvgIpc) is 3.05. The van der Waals surface area contributed by atoms with Crippen LogP contribution in [0.5, 0.6) is 0 Å². The largest absolute Gasteiger partial charge is 0.480 e. The molecule has 3 atom stereocenters. The first-order valence-electron chi connectivity index (χ1n) is 6.90. The lowest BCUT2D eigenvalue weighted by molar-refractivity contribution is -0.155. The maximum absolute atomic E-state index is 12.5. The van der Waals surface area contributed by atoms with Crippen molar-refractivity contribution >= 4 is 29.4 Å². The number of allylic oxidation sites excluding steroid dienone is 2. The van der Waals surface area contributed by atoms with Gasteiger partial charge in [-0.25, -0.2) is 9.78 Å². The van der Waals surface area contributed by atoms with Crippen LogP contribution in [0, 0.1) is 11.8 Å². The van der Waals surface area contributed by atoms with E-state index in [-0.39, 0.29) is 6.42 Å². The molecule has 2 aliphatic rings. The van der Waals surface area contributed by atoms with E-state index in [1.807, 2.05) is 0 Å². The Labute approximate surface area is 131 Å². The molecule has 1 aromatic rings. The normalized spacial score (nSPS) is 25.9. The fourth-order valence-electron chi connectivity index (χ4n) is 3.05. The monoisotopic (exact) mass is 323 g/mol. The van der Waals surface area contributed by atoms with E-state index in [9.17, 15) is 19.5 Å². The van der Waals surface area contributed by atoms with Crippen LogP contribution in [-0.4, -0.2) is 43.8 Å². The first kappa shape index (κ1) is 14.8. The quantitative estimate of drug-likeness (QED) is 0.802. The van der Waals surface area contributed by atoms with Gasteiger partial charge in [-0.15, -0.1) is 0 Å². The molecule has 116 valence electrons. The Kier molecular flexibility index (Phi) is 3.74. The third-order valence-electron chi connectivity index (χ3n) is 4.17. The van der Waals surface area contributed by atoms with Gasteiger partial charge in [-0.1, -0.05) is 17.7 Å². The number of carboxylic acid groups (broad SMARTS) is 1.